The molecule has 0 N–H and O–H groups in total. The van der Waals surface area contributed by atoms with Crippen molar-refractivity contribution in [3.8, 4) is 135 Å². The average Bonchev–Trinajstić information content (AvgIpc) is 1.60. The average molecular weight is 1580 g/mol. The van der Waals surface area contributed by atoms with Gasteiger partial charge in [0.15, 0.2) is 11.6 Å². The van der Waals surface area contributed by atoms with Gasteiger partial charge in [0, 0.05) is 99.2 Å². The van der Waals surface area contributed by atoms with Gasteiger partial charge in [-0.3, -0.25) is 0 Å². The second-order valence-electron chi connectivity index (χ2n) is 31.6. The third kappa shape index (κ3) is 12.9. The van der Waals surface area contributed by atoms with Crippen LogP contribution in [0.25, 0.3) is 222 Å². The summed E-state index contributed by atoms with van der Waals surface area (Å²) in [7, 11) is 0. The molecule has 0 bridgehead atoms. The zero-order chi connectivity index (χ0) is 82.0. The van der Waals surface area contributed by atoms with Gasteiger partial charge in [-0.15, -0.1) is 0 Å². The van der Waals surface area contributed by atoms with Gasteiger partial charge in [0.1, 0.15) is 0 Å². The molecule has 6 aromatic heterocycles. The smallest absolute Gasteiger partial charge is 0.160 e. The van der Waals surface area contributed by atoms with Gasteiger partial charge >= 0.3 is 0 Å². The number of hydrogen-bond donors (Lipinski definition) is 0. The van der Waals surface area contributed by atoms with Gasteiger partial charge in [-0.05, 0) is 160 Å². The molecule has 0 saturated heterocycles. The molecule has 0 fully saturated rings. The standard InChI is InChI=1S/2C58H38N4/c1-4-17-40(18-5-1)50-38-51(41-19-6-2-7-20-41)60-58(59-50)42-35-33-39(34-36-42)46-27-15-32-55-56(46)49-26-11-13-30-53(49)62(55)45-24-14-21-43(37-45)47-28-16-31-54-57(47)48-25-10-12-29-52(48)61(54)44-22-8-3-9-23-44;1-4-15-41(16-5-1)51-38-52(42-17-6-2-7-18-42)60-58(59-51)43-29-27-40(28-30-43)47-23-14-26-56-57(47)49-22-11-13-25-54(49)62(56)46-34-31-39(32-35-46)44-33-36-55-50(37-44)48-21-10-12-24-53(48)61(55)45-19-8-3-9-20-45/h2*1-38H. The fourth-order valence-corrected chi connectivity index (χ4v) is 18.6. The highest BCUT2D eigenvalue weighted by Gasteiger charge is 2.24. The van der Waals surface area contributed by atoms with Gasteiger partial charge in [0.25, 0.3) is 0 Å². The highest BCUT2D eigenvalue weighted by atomic mass is 15.0. The number of benzene rings is 18. The van der Waals surface area contributed by atoms with Crippen molar-refractivity contribution in [1.82, 2.24) is 38.2 Å². The Kier molecular flexibility index (Phi) is 18.1. The molecule has 0 atom stereocenters. The van der Waals surface area contributed by atoms with Crippen molar-refractivity contribution >= 4 is 87.2 Å². The number of para-hydroxylation sites is 6. The Morgan fingerprint density at radius 3 is 0.806 bits per heavy atom. The lowest BCUT2D eigenvalue weighted by Gasteiger charge is -2.12. The Hall–Kier alpha value is -16.7. The van der Waals surface area contributed by atoms with Crippen molar-refractivity contribution in [2.24, 2.45) is 0 Å². The van der Waals surface area contributed by atoms with E-state index in [9.17, 15) is 0 Å². The molecule has 8 nitrogen and oxygen atoms in total. The van der Waals surface area contributed by atoms with Gasteiger partial charge in [0.2, 0.25) is 0 Å². The van der Waals surface area contributed by atoms with Gasteiger partial charge in [-0.2, -0.15) is 0 Å². The normalized spacial score (nSPS) is 11.5. The summed E-state index contributed by atoms with van der Waals surface area (Å²) in [6.45, 7) is 0. The summed E-state index contributed by atoms with van der Waals surface area (Å²) < 4.78 is 9.57. The third-order valence-corrected chi connectivity index (χ3v) is 24.3. The summed E-state index contributed by atoms with van der Waals surface area (Å²) in [5.41, 5.74) is 33.3. The van der Waals surface area contributed by atoms with Crippen LogP contribution >= 0.6 is 0 Å². The molecule has 0 saturated carbocycles. The molecule has 0 radical (unpaired) electrons. The summed E-state index contributed by atoms with van der Waals surface area (Å²) in [4.78, 5) is 20.3. The van der Waals surface area contributed by atoms with E-state index < -0.39 is 0 Å². The molecule has 0 amide bonds. The van der Waals surface area contributed by atoms with Crippen molar-refractivity contribution in [2.75, 3.05) is 0 Å². The lowest BCUT2D eigenvalue weighted by molar-refractivity contribution is 1.18. The Morgan fingerprint density at radius 1 is 0.137 bits per heavy atom. The largest absolute Gasteiger partial charge is 0.309 e. The summed E-state index contributed by atoms with van der Waals surface area (Å²) in [6.07, 6.45) is 0. The molecule has 8 heteroatoms. The van der Waals surface area contributed by atoms with E-state index in [1.54, 1.807) is 0 Å². The maximum absolute atomic E-state index is 5.09. The predicted molar refractivity (Wildman–Crippen MR) is 516 cm³/mol. The number of rotatable bonds is 14. The molecule has 0 aliphatic carbocycles. The van der Waals surface area contributed by atoms with E-state index in [1.165, 1.54) is 121 Å². The van der Waals surface area contributed by atoms with Crippen LogP contribution in [-0.4, -0.2) is 38.2 Å². The van der Waals surface area contributed by atoms with Crippen LogP contribution in [0.3, 0.4) is 0 Å². The highest BCUT2D eigenvalue weighted by molar-refractivity contribution is 6.19. The number of hydrogen-bond acceptors (Lipinski definition) is 4. The Morgan fingerprint density at radius 2 is 0.403 bits per heavy atom. The number of fused-ring (bicyclic) bond motifs is 12. The lowest BCUT2D eigenvalue weighted by atomic mass is 9.98. The van der Waals surface area contributed by atoms with Crippen molar-refractivity contribution in [2.45, 2.75) is 0 Å². The SMILES string of the molecule is c1ccc(-c2cc(-c3ccccc3)nc(-c3ccc(-c4cccc5c4c4ccccc4n5-c4ccc(-c5ccc6c(c5)c5ccccc5n6-c5ccccc5)cc4)cc3)n2)cc1.c1ccc(-c2cc(-c3ccccc3)nc(-c3ccc(-c4cccc5c4c4ccccc4n5-c4cccc(-c5cccc6c5c5ccccc5n6-c5ccccc5)c4)cc3)n2)cc1. The molecule has 580 valence electrons. The monoisotopic (exact) mass is 1580 g/mol. The zero-order valence-electron chi connectivity index (χ0n) is 67.5. The maximum atomic E-state index is 5.09. The molecular formula is C116H76N8. The van der Waals surface area contributed by atoms with E-state index in [1.807, 2.05) is 24.3 Å². The molecule has 124 heavy (non-hydrogen) atoms. The minimum Gasteiger partial charge on any atom is -0.309 e. The first-order chi connectivity index (χ1) is 61.5. The van der Waals surface area contributed by atoms with Crippen molar-refractivity contribution < 1.29 is 0 Å². The Bertz CT molecular complexity index is 8040. The number of nitrogens with zero attached hydrogens (tertiary/aromatic N) is 8. The predicted octanol–water partition coefficient (Wildman–Crippen LogP) is 30.0. The van der Waals surface area contributed by atoms with Crippen LogP contribution in [-0.2, 0) is 0 Å². The summed E-state index contributed by atoms with van der Waals surface area (Å²) in [5.74, 6) is 1.40. The summed E-state index contributed by atoms with van der Waals surface area (Å²) in [6, 6.07) is 164. The first-order valence-corrected chi connectivity index (χ1v) is 42.2. The second-order valence-corrected chi connectivity index (χ2v) is 31.6. The summed E-state index contributed by atoms with van der Waals surface area (Å²) in [5, 5.41) is 9.89. The molecule has 24 aromatic rings. The molecule has 18 aromatic carbocycles. The van der Waals surface area contributed by atoms with E-state index in [0.717, 1.165) is 89.9 Å². The Labute approximate surface area is 716 Å². The minimum atomic E-state index is 0.701. The van der Waals surface area contributed by atoms with Crippen molar-refractivity contribution in [1.29, 1.82) is 0 Å². The van der Waals surface area contributed by atoms with E-state index in [4.69, 9.17) is 19.9 Å². The van der Waals surface area contributed by atoms with Gasteiger partial charge < -0.3 is 18.3 Å². The van der Waals surface area contributed by atoms with Crippen LogP contribution in [0.1, 0.15) is 0 Å². The minimum absolute atomic E-state index is 0.701. The third-order valence-electron chi connectivity index (χ3n) is 24.3. The van der Waals surface area contributed by atoms with E-state index >= 15 is 0 Å². The van der Waals surface area contributed by atoms with Crippen LogP contribution in [0.15, 0.2) is 461 Å². The highest BCUT2D eigenvalue weighted by Crippen LogP contribution is 2.46. The van der Waals surface area contributed by atoms with Crippen LogP contribution in [0, 0.1) is 0 Å². The first kappa shape index (κ1) is 72.5. The van der Waals surface area contributed by atoms with Crippen molar-refractivity contribution in [3.05, 3.63) is 461 Å². The van der Waals surface area contributed by atoms with Gasteiger partial charge in [-0.25, -0.2) is 19.9 Å². The Balaban J connectivity index is 0.000000143. The lowest BCUT2D eigenvalue weighted by Crippen LogP contribution is -1.96. The zero-order valence-corrected chi connectivity index (χ0v) is 67.5. The molecular weight excluding hydrogens is 1510 g/mol. The first-order valence-electron chi connectivity index (χ1n) is 42.2. The van der Waals surface area contributed by atoms with Gasteiger partial charge in [-0.1, -0.05) is 346 Å². The quantitative estimate of drug-likeness (QED) is 0.109. The maximum Gasteiger partial charge on any atom is 0.160 e. The van der Waals surface area contributed by atoms with E-state index in [-0.39, 0.29) is 0 Å². The van der Waals surface area contributed by atoms with Gasteiger partial charge in [0.05, 0.1) is 66.9 Å². The van der Waals surface area contributed by atoms with E-state index in [2.05, 4.69) is 455 Å². The molecule has 0 unspecified atom stereocenters. The molecule has 24 rings (SSSR count). The van der Waals surface area contributed by atoms with Crippen molar-refractivity contribution in [3.63, 3.8) is 0 Å². The molecule has 0 aliphatic heterocycles. The second kappa shape index (κ2) is 30.9. The van der Waals surface area contributed by atoms with E-state index in [0.29, 0.717) is 11.6 Å². The number of aromatic nitrogens is 8. The molecule has 0 spiro atoms. The van der Waals surface area contributed by atoms with Crippen LogP contribution in [0.5, 0.6) is 0 Å². The fraction of sp³-hybridized carbons (Fsp3) is 0. The van der Waals surface area contributed by atoms with Crippen LogP contribution in [0.2, 0.25) is 0 Å². The van der Waals surface area contributed by atoms with Crippen LogP contribution in [0.4, 0.5) is 0 Å². The van der Waals surface area contributed by atoms with Crippen LogP contribution < -0.4 is 0 Å². The molecule has 0 aliphatic rings. The summed E-state index contributed by atoms with van der Waals surface area (Å²) >= 11 is 0. The fourth-order valence-electron chi connectivity index (χ4n) is 18.6. The molecule has 6 heterocycles. The topological polar surface area (TPSA) is 71.3 Å².